The molecular formula is C23H24N5O4P. The van der Waals surface area contributed by atoms with E-state index in [-0.39, 0.29) is 6.61 Å². The molecule has 1 atom stereocenters. The number of ether oxygens (including phenoxy) is 4. The van der Waals surface area contributed by atoms with E-state index >= 15 is 0 Å². The van der Waals surface area contributed by atoms with Gasteiger partial charge in [0.1, 0.15) is 18.1 Å². The van der Waals surface area contributed by atoms with Crippen molar-refractivity contribution in [1.29, 1.82) is 0 Å². The standard InChI is InChI=1S/C23H24N5O4P/c1-29-13-21-26-27-23(28(21)14-5-8-22(32-4)25-11-14)17-12-24-18(10-20(17)31-3)16-9-15(33)6-7-19(16)30-2/h5-12H,13,33H2,1-4H3. The Morgan fingerprint density at radius 2 is 1.64 bits per heavy atom. The van der Waals surface area contributed by atoms with E-state index in [0.717, 1.165) is 22.3 Å². The number of rotatable bonds is 8. The Bertz CT molecular complexity index is 1260. The summed E-state index contributed by atoms with van der Waals surface area (Å²) in [6.07, 6.45) is 3.41. The molecule has 0 aliphatic carbocycles. The van der Waals surface area contributed by atoms with Crippen LogP contribution in [0.1, 0.15) is 5.82 Å². The van der Waals surface area contributed by atoms with E-state index in [1.165, 1.54) is 0 Å². The largest absolute Gasteiger partial charge is 0.496 e. The highest BCUT2D eigenvalue weighted by Gasteiger charge is 2.21. The smallest absolute Gasteiger partial charge is 0.213 e. The molecule has 0 bridgehead atoms. The first-order valence-electron chi connectivity index (χ1n) is 10.0. The highest BCUT2D eigenvalue weighted by atomic mass is 31.0. The first kappa shape index (κ1) is 22.6. The predicted octanol–water partition coefficient (Wildman–Crippen LogP) is 3.06. The molecule has 0 spiro atoms. The summed E-state index contributed by atoms with van der Waals surface area (Å²) in [5.74, 6) is 2.99. The van der Waals surface area contributed by atoms with E-state index in [9.17, 15) is 0 Å². The second-order valence-electron chi connectivity index (χ2n) is 7.00. The lowest BCUT2D eigenvalue weighted by Gasteiger charge is -2.14. The van der Waals surface area contributed by atoms with Gasteiger partial charge in [0.05, 0.1) is 44.5 Å². The van der Waals surface area contributed by atoms with Crippen molar-refractivity contribution in [3.63, 3.8) is 0 Å². The maximum absolute atomic E-state index is 5.73. The van der Waals surface area contributed by atoms with Gasteiger partial charge in [0.15, 0.2) is 11.6 Å². The molecule has 4 rings (SSSR count). The zero-order valence-corrected chi connectivity index (χ0v) is 19.9. The minimum absolute atomic E-state index is 0.269. The molecule has 0 saturated heterocycles. The zero-order valence-electron chi connectivity index (χ0n) is 18.8. The SMILES string of the molecule is COCc1nnc(-c2cnc(-c3cc(P)ccc3OC)cc2OC)n1-c1ccc(OC)nc1. The molecule has 0 aliphatic rings. The van der Waals surface area contributed by atoms with Crippen molar-refractivity contribution in [2.45, 2.75) is 6.61 Å². The van der Waals surface area contributed by atoms with E-state index < -0.39 is 0 Å². The molecular weight excluding hydrogens is 441 g/mol. The van der Waals surface area contributed by atoms with Crippen LogP contribution in [0.25, 0.3) is 28.3 Å². The second kappa shape index (κ2) is 9.94. The van der Waals surface area contributed by atoms with Gasteiger partial charge in [-0.25, -0.2) is 4.98 Å². The van der Waals surface area contributed by atoms with Crippen molar-refractivity contribution in [3.8, 4) is 45.7 Å². The molecule has 0 amide bonds. The van der Waals surface area contributed by atoms with Gasteiger partial charge in [0, 0.05) is 31.0 Å². The molecule has 1 unspecified atom stereocenters. The van der Waals surface area contributed by atoms with E-state index in [4.69, 9.17) is 18.9 Å². The van der Waals surface area contributed by atoms with Gasteiger partial charge >= 0.3 is 0 Å². The Kier molecular flexibility index (Phi) is 6.82. The number of pyridine rings is 2. The fourth-order valence-corrected chi connectivity index (χ4v) is 3.72. The molecule has 4 aromatic rings. The first-order chi connectivity index (χ1) is 16.1. The summed E-state index contributed by atoms with van der Waals surface area (Å²) in [7, 11) is 9.11. The van der Waals surface area contributed by atoms with E-state index in [0.29, 0.717) is 34.5 Å². The third kappa shape index (κ3) is 4.51. The van der Waals surface area contributed by atoms with Crippen molar-refractivity contribution in [1.82, 2.24) is 24.7 Å². The normalized spacial score (nSPS) is 10.8. The van der Waals surface area contributed by atoms with Gasteiger partial charge in [0.2, 0.25) is 5.88 Å². The molecule has 0 N–H and O–H groups in total. The van der Waals surface area contributed by atoms with Crippen LogP contribution in [0.4, 0.5) is 0 Å². The predicted molar refractivity (Wildman–Crippen MR) is 128 cm³/mol. The Balaban J connectivity index is 1.85. The maximum Gasteiger partial charge on any atom is 0.213 e. The highest BCUT2D eigenvalue weighted by Crippen LogP contribution is 2.36. The van der Waals surface area contributed by atoms with Crippen LogP contribution in [0, 0.1) is 0 Å². The van der Waals surface area contributed by atoms with Gasteiger partial charge in [-0.05, 0) is 23.5 Å². The molecule has 1 aromatic carbocycles. The molecule has 9 nitrogen and oxygen atoms in total. The number of hydrogen-bond donors (Lipinski definition) is 0. The summed E-state index contributed by atoms with van der Waals surface area (Å²) >= 11 is 0. The molecule has 0 fully saturated rings. The summed E-state index contributed by atoms with van der Waals surface area (Å²) < 4.78 is 23.6. The van der Waals surface area contributed by atoms with Crippen molar-refractivity contribution >= 4 is 14.5 Å². The second-order valence-corrected chi connectivity index (χ2v) is 7.66. The summed E-state index contributed by atoms with van der Waals surface area (Å²) in [6.45, 7) is 0.269. The number of hydrogen-bond acceptors (Lipinski definition) is 8. The van der Waals surface area contributed by atoms with Crippen LogP contribution >= 0.6 is 9.24 Å². The molecule has 170 valence electrons. The van der Waals surface area contributed by atoms with Crippen LogP contribution < -0.4 is 19.5 Å². The zero-order chi connectivity index (χ0) is 23.4. The minimum Gasteiger partial charge on any atom is -0.496 e. The number of methoxy groups -OCH3 is 4. The van der Waals surface area contributed by atoms with Gasteiger partial charge in [0.25, 0.3) is 0 Å². The van der Waals surface area contributed by atoms with E-state index in [2.05, 4.69) is 29.4 Å². The summed E-state index contributed by atoms with van der Waals surface area (Å²) in [4.78, 5) is 8.99. The minimum atomic E-state index is 0.269. The van der Waals surface area contributed by atoms with Gasteiger partial charge in [-0.2, -0.15) is 0 Å². The average Bonchev–Trinajstić information content (AvgIpc) is 3.27. The number of benzene rings is 1. The van der Waals surface area contributed by atoms with Crippen molar-refractivity contribution in [2.24, 2.45) is 0 Å². The van der Waals surface area contributed by atoms with Crippen LogP contribution in [0.15, 0.2) is 48.8 Å². The first-order valence-corrected chi connectivity index (χ1v) is 10.6. The van der Waals surface area contributed by atoms with Crippen molar-refractivity contribution < 1.29 is 18.9 Å². The summed E-state index contributed by atoms with van der Waals surface area (Å²) in [5.41, 5.74) is 3.00. The van der Waals surface area contributed by atoms with Gasteiger partial charge in [-0.1, -0.05) is 6.07 Å². The Hall–Kier alpha value is -3.55. The lowest BCUT2D eigenvalue weighted by molar-refractivity contribution is 0.176. The Morgan fingerprint density at radius 1 is 0.818 bits per heavy atom. The molecule has 0 saturated carbocycles. The lowest BCUT2D eigenvalue weighted by atomic mass is 10.1. The van der Waals surface area contributed by atoms with Crippen LogP contribution in [-0.4, -0.2) is 53.2 Å². The highest BCUT2D eigenvalue weighted by molar-refractivity contribution is 7.27. The maximum atomic E-state index is 5.73. The molecule has 0 radical (unpaired) electrons. The fourth-order valence-electron chi connectivity index (χ4n) is 3.46. The van der Waals surface area contributed by atoms with Crippen LogP contribution in [0.5, 0.6) is 17.4 Å². The van der Waals surface area contributed by atoms with Crippen LogP contribution in [0.3, 0.4) is 0 Å². The van der Waals surface area contributed by atoms with Crippen molar-refractivity contribution in [3.05, 3.63) is 54.6 Å². The number of nitrogens with zero attached hydrogens (tertiary/aromatic N) is 5. The molecule has 0 aliphatic heterocycles. The van der Waals surface area contributed by atoms with E-state index in [1.54, 1.807) is 46.9 Å². The fraction of sp³-hybridized carbons (Fsp3) is 0.217. The molecule has 10 heteroatoms. The Labute approximate surface area is 193 Å². The van der Waals surface area contributed by atoms with E-state index in [1.807, 2.05) is 34.9 Å². The van der Waals surface area contributed by atoms with Gasteiger partial charge in [-0.15, -0.1) is 19.4 Å². The third-order valence-electron chi connectivity index (χ3n) is 5.02. The summed E-state index contributed by atoms with van der Waals surface area (Å²) in [6, 6.07) is 11.4. The molecule has 3 aromatic heterocycles. The lowest BCUT2D eigenvalue weighted by Crippen LogP contribution is -2.06. The third-order valence-corrected chi connectivity index (χ3v) is 5.38. The van der Waals surface area contributed by atoms with Gasteiger partial charge < -0.3 is 18.9 Å². The van der Waals surface area contributed by atoms with Crippen LogP contribution in [-0.2, 0) is 11.3 Å². The quantitative estimate of drug-likeness (QED) is 0.367. The summed E-state index contributed by atoms with van der Waals surface area (Å²) in [5, 5.41) is 9.75. The van der Waals surface area contributed by atoms with Gasteiger partial charge in [-0.3, -0.25) is 9.55 Å². The van der Waals surface area contributed by atoms with Crippen molar-refractivity contribution in [2.75, 3.05) is 28.4 Å². The topological polar surface area (TPSA) is 93.4 Å². The van der Waals surface area contributed by atoms with Crippen LogP contribution in [0.2, 0.25) is 0 Å². The molecule has 33 heavy (non-hydrogen) atoms. The monoisotopic (exact) mass is 465 g/mol. The number of aromatic nitrogens is 5. The Morgan fingerprint density at radius 3 is 2.30 bits per heavy atom. The molecule has 3 heterocycles. The average molecular weight is 465 g/mol.